The average Bonchev–Trinajstić information content (AvgIpc) is 2.88. The van der Waals surface area contributed by atoms with Gasteiger partial charge in [0.15, 0.2) is 0 Å². The van der Waals surface area contributed by atoms with Crippen LogP contribution in [0.1, 0.15) is 64.9 Å². The molecule has 0 bridgehead atoms. The van der Waals surface area contributed by atoms with Crippen molar-refractivity contribution in [3.05, 3.63) is 17.5 Å². The Bertz CT molecular complexity index is 458. The van der Waals surface area contributed by atoms with E-state index in [4.69, 9.17) is 0 Å². The number of nitrogens with zero attached hydrogens (tertiary/aromatic N) is 3. The SMILES string of the molecule is CCCNC(C)(C#N)CC(C)n1nc(CC)cc1CC. The van der Waals surface area contributed by atoms with Crippen molar-refractivity contribution in [1.82, 2.24) is 15.1 Å². The van der Waals surface area contributed by atoms with Gasteiger partial charge in [0.2, 0.25) is 0 Å². The Morgan fingerprint density at radius 2 is 2.10 bits per heavy atom. The molecule has 0 aliphatic heterocycles. The van der Waals surface area contributed by atoms with Crippen molar-refractivity contribution in [3.8, 4) is 6.07 Å². The van der Waals surface area contributed by atoms with Crippen molar-refractivity contribution in [2.24, 2.45) is 0 Å². The van der Waals surface area contributed by atoms with Crippen molar-refractivity contribution < 1.29 is 0 Å². The van der Waals surface area contributed by atoms with Gasteiger partial charge in [-0.05, 0) is 45.7 Å². The Morgan fingerprint density at radius 1 is 1.40 bits per heavy atom. The topological polar surface area (TPSA) is 53.6 Å². The van der Waals surface area contributed by atoms with Gasteiger partial charge in [-0.25, -0.2) is 0 Å². The van der Waals surface area contributed by atoms with Crippen LogP contribution >= 0.6 is 0 Å². The van der Waals surface area contributed by atoms with Crippen molar-refractivity contribution in [1.29, 1.82) is 5.26 Å². The zero-order valence-electron chi connectivity index (χ0n) is 13.5. The van der Waals surface area contributed by atoms with Crippen molar-refractivity contribution >= 4 is 0 Å². The van der Waals surface area contributed by atoms with E-state index in [0.29, 0.717) is 0 Å². The molecule has 0 saturated heterocycles. The monoisotopic (exact) mass is 276 g/mol. The van der Waals surface area contributed by atoms with Crippen LogP contribution in [0.5, 0.6) is 0 Å². The zero-order valence-corrected chi connectivity index (χ0v) is 13.5. The maximum atomic E-state index is 9.44. The van der Waals surface area contributed by atoms with Gasteiger partial charge in [-0.2, -0.15) is 10.4 Å². The van der Waals surface area contributed by atoms with E-state index >= 15 is 0 Å². The maximum Gasteiger partial charge on any atom is 0.105 e. The molecule has 0 amide bonds. The normalized spacial score (nSPS) is 15.6. The summed E-state index contributed by atoms with van der Waals surface area (Å²) in [7, 11) is 0. The molecule has 0 spiro atoms. The molecule has 0 aromatic carbocycles. The number of hydrogen-bond acceptors (Lipinski definition) is 3. The molecular weight excluding hydrogens is 248 g/mol. The Hall–Kier alpha value is -1.34. The molecule has 0 aliphatic carbocycles. The molecule has 2 atom stereocenters. The minimum atomic E-state index is -0.487. The fraction of sp³-hybridized carbons (Fsp3) is 0.750. The molecule has 4 heteroatoms. The summed E-state index contributed by atoms with van der Waals surface area (Å²) in [5.41, 5.74) is 1.90. The van der Waals surface area contributed by atoms with E-state index in [1.165, 1.54) is 5.69 Å². The third kappa shape index (κ3) is 4.08. The van der Waals surface area contributed by atoms with Gasteiger partial charge in [0.25, 0.3) is 0 Å². The summed E-state index contributed by atoms with van der Waals surface area (Å²) in [4.78, 5) is 0. The van der Waals surface area contributed by atoms with Crippen LogP contribution in [-0.4, -0.2) is 21.9 Å². The first-order valence-electron chi connectivity index (χ1n) is 7.73. The van der Waals surface area contributed by atoms with Crippen LogP contribution in [0.25, 0.3) is 0 Å². The Kier molecular flexibility index (Phi) is 6.22. The molecule has 2 unspecified atom stereocenters. The van der Waals surface area contributed by atoms with Gasteiger partial charge in [0.1, 0.15) is 5.54 Å². The third-order valence-electron chi connectivity index (χ3n) is 3.72. The van der Waals surface area contributed by atoms with E-state index < -0.39 is 5.54 Å². The van der Waals surface area contributed by atoms with Gasteiger partial charge in [0.05, 0.1) is 17.8 Å². The first-order valence-corrected chi connectivity index (χ1v) is 7.73. The first kappa shape index (κ1) is 16.7. The molecule has 0 fully saturated rings. The Morgan fingerprint density at radius 3 is 2.60 bits per heavy atom. The summed E-state index contributed by atoms with van der Waals surface area (Å²) in [6, 6.07) is 4.82. The molecular formula is C16H28N4. The Labute approximate surface area is 123 Å². The molecule has 20 heavy (non-hydrogen) atoms. The van der Waals surface area contributed by atoms with Crippen LogP contribution in [0.4, 0.5) is 0 Å². The lowest BCUT2D eigenvalue weighted by atomic mass is 9.95. The molecule has 0 saturated carbocycles. The highest BCUT2D eigenvalue weighted by molar-refractivity contribution is 5.12. The zero-order chi connectivity index (χ0) is 15.2. The van der Waals surface area contributed by atoms with E-state index in [2.05, 4.69) is 54.9 Å². The minimum Gasteiger partial charge on any atom is -0.300 e. The second-order valence-corrected chi connectivity index (χ2v) is 5.70. The van der Waals surface area contributed by atoms with E-state index in [9.17, 15) is 5.26 Å². The first-order chi connectivity index (χ1) is 9.49. The fourth-order valence-electron chi connectivity index (χ4n) is 2.54. The summed E-state index contributed by atoms with van der Waals surface area (Å²) >= 11 is 0. The van der Waals surface area contributed by atoms with E-state index in [-0.39, 0.29) is 6.04 Å². The van der Waals surface area contributed by atoms with Crippen LogP contribution in [0.3, 0.4) is 0 Å². The fourth-order valence-corrected chi connectivity index (χ4v) is 2.54. The molecule has 0 radical (unpaired) electrons. The van der Waals surface area contributed by atoms with Crippen LogP contribution in [-0.2, 0) is 12.8 Å². The molecule has 1 aromatic heterocycles. The average molecular weight is 276 g/mol. The predicted octanol–water partition coefficient (Wildman–Crippen LogP) is 3.24. The van der Waals surface area contributed by atoms with Gasteiger partial charge in [-0.15, -0.1) is 0 Å². The second kappa shape index (κ2) is 7.44. The van der Waals surface area contributed by atoms with Gasteiger partial charge in [0, 0.05) is 12.1 Å². The van der Waals surface area contributed by atoms with Crippen molar-refractivity contribution in [2.45, 2.75) is 71.9 Å². The number of hydrogen-bond donors (Lipinski definition) is 1. The molecule has 1 aromatic rings. The van der Waals surface area contributed by atoms with Crippen LogP contribution in [0.15, 0.2) is 6.07 Å². The van der Waals surface area contributed by atoms with Crippen LogP contribution in [0.2, 0.25) is 0 Å². The van der Waals surface area contributed by atoms with E-state index in [1.54, 1.807) is 0 Å². The molecule has 1 heterocycles. The minimum absolute atomic E-state index is 0.222. The lowest BCUT2D eigenvalue weighted by Gasteiger charge is -2.27. The quantitative estimate of drug-likeness (QED) is 0.793. The Balaban J connectivity index is 2.86. The molecule has 4 nitrogen and oxygen atoms in total. The number of aryl methyl sites for hydroxylation is 2. The van der Waals surface area contributed by atoms with Crippen LogP contribution < -0.4 is 5.32 Å². The number of rotatable bonds is 8. The molecule has 1 N–H and O–H groups in total. The lowest BCUT2D eigenvalue weighted by Crippen LogP contribution is -2.43. The lowest BCUT2D eigenvalue weighted by molar-refractivity contribution is 0.328. The maximum absolute atomic E-state index is 9.44. The summed E-state index contributed by atoms with van der Waals surface area (Å²) in [6.07, 6.45) is 3.73. The van der Waals surface area contributed by atoms with Crippen molar-refractivity contribution in [3.63, 3.8) is 0 Å². The number of nitrogens with one attached hydrogen (secondary N) is 1. The highest BCUT2D eigenvalue weighted by Crippen LogP contribution is 2.22. The highest BCUT2D eigenvalue weighted by atomic mass is 15.3. The smallest absolute Gasteiger partial charge is 0.105 e. The summed E-state index contributed by atoms with van der Waals surface area (Å²) in [6.45, 7) is 11.4. The largest absolute Gasteiger partial charge is 0.300 e. The van der Waals surface area contributed by atoms with Gasteiger partial charge in [-0.3, -0.25) is 10.00 Å². The summed E-state index contributed by atoms with van der Waals surface area (Å²) < 4.78 is 2.10. The van der Waals surface area contributed by atoms with E-state index in [0.717, 1.165) is 37.9 Å². The van der Waals surface area contributed by atoms with Crippen molar-refractivity contribution in [2.75, 3.05) is 6.54 Å². The van der Waals surface area contributed by atoms with E-state index in [1.807, 2.05) is 6.92 Å². The predicted molar refractivity (Wildman–Crippen MR) is 82.6 cm³/mol. The van der Waals surface area contributed by atoms with Gasteiger partial charge >= 0.3 is 0 Å². The van der Waals surface area contributed by atoms with Gasteiger partial charge < -0.3 is 0 Å². The summed E-state index contributed by atoms with van der Waals surface area (Å²) in [5, 5.41) is 17.5. The number of aromatic nitrogens is 2. The van der Waals surface area contributed by atoms with Gasteiger partial charge in [-0.1, -0.05) is 20.8 Å². The highest BCUT2D eigenvalue weighted by Gasteiger charge is 2.27. The third-order valence-corrected chi connectivity index (χ3v) is 3.72. The summed E-state index contributed by atoms with van der Waals surface area (Å²) in [5.74, 6) is 0. The number of nitriles is 1. The standard InChI is InChI=1S/C16H28N4/c1-6-9-18-16(5,12-17)11-13(4)20-15(8-3)10-14(7-2)19-20/h10,13,18H,6-9,11H2,1-5H3. The molecule has 1 rings (SSSR count). The molecule has 112 valence electrons. The molecule has 0 aliphatic rings. The van der Waals surface area contributed by atoms with Crippen LogP contribution in [0, 0.1) is 11.3 Å². The second-order valence-electron chi connectivity index (χ2n) is 5.70.